The van der Waals surface area contributed by atoms with E-state index in [0.717, 1.165) is 8.78 Å². The molecule has 162 valence electrons. The summed E-state index contributed by atoms with van der Waals surface area (Å²) < 4.78 is 39.2. The first-order chi connectivity index (χ1) is 14.8. The van der Waals surface area contributed by atoms with Gasteiger partial charge in [0.2, 0.25) is 5.91 Å². The van der Waals surface area contributed by atoms with Crippen LogP contribution in [0.1, 0.15) is 0 Å². The number of hydrogen-bond donors (Lipinski definition) is 1. The van der Waals surface area contributed by atoms with Crippen molar-refractivity contribution in [2.24, 2.45) is 0 Å². The van der Waals surface area contributed by atoms with Gasteiger partial charge in [-0.3, -0.25) is 9.10 Å². The van der Waals surface area contributed by atoms with E-state index >= 15 is 0 Å². The highest BCUT2D eigenvalue weighted by Crippen LogP contribution is 2.32. The molecule has 0 unspecified atom stereocenters. The maximum Gasteiger partial charge on any atom is 0.264 e. The molecule has 0 aliphatic heterocycles. The molecule has 0 saturated heterocycles. The normalized spacial score (nSPS) is 10.9. The summed E-state index contributed by atoms with van der Waals surface area (Å²) in [6, 6.07) is 19.6. The number of para-hydroxylation sites is 2. The number of sulfonamides is 1. The van der Waals surface area contributed by atoms with Crippen LogP contribution in [0.25, 0.3) is 0 Å². The van der Waals surface area contributed by atoms with Crippen LogP contribution in [-0.4, -0.2) is 35.1 Å². The van der Waals surface area contributed by atoms with Gasteiger partial charge in [-0.05, 0) is 54.6 Å². The average Bonchev–Trinajstić information content (AvgIpc) is 2.77. The smallest absolute Gasteiger partial charge is 0.264 e. The summed E-state index contributed by atoms with van der Waals surface area (Å²) in [6.07, 6.45) is 0. The molecule has 0 saturated carbocycles. The molecular weight excluding hydrogens is 484 g/mol. The first kappa shape index (κ1) is 22.6. The molecule has 0 bridgehead atoms. The topological polar surface area (TPSA) is 84.9 Å². The van der Waals surface area contributed by atoms with E-state index in [1.165, 1.54) is 26.4 Å². The summed E-state index contributed by atoms with van der Waals surface area (Å²) >= 11 is 3.35. The molecule has 7 nitrogen and oxygen atoms in total. The number of carbonyl (C=O) groups excluding carboxylic acids is 1. The molecule has 0 spiro atoms. The van der Waals surface area contributed by atoms with E-state index in [0.29, 0.717) is 17.2 Å². The fourth-order valence-electron chi connectivity index (χ4n) is 2.91. The summed E-state index contributed by atoms with van der Waals surface area (Å²) in [6.45, 7) is -0.443. The zero-order valence-corrected chi connectivity index (χ0v) is 19.3. The Morgan fingerprint density at radius 2 is 1.68 bits per heavy atom. The molecule has 0 atom stereocenters. The van der Waals surface area contributed by atoms with Gasteiger partial charge < -0.3 is 14.8 Å². The Morgan fingerprint density at radius 3 is 2.32 bits per heavy atom. The summed E-state index contributed by atoms with van der Waals surface area (Å²) in [5.74, 6) is 0.353. The number of amides is 1. The molecule has 0 radical (unpaired) electrons. The van der Waals surface area contributed by atoms with Gasteiger partial charge in [0.05, 0.1) is 24.8 Å². The first-order valence-corrected chi connectivity index (χ1v) is 11.4. The van der Waals surface area contributed by atoms with Gasteiger partial charge in [-0.1, -0.05) is 34.1 Å². The second kappa shape index (κ2) is 9.84. The van der Waals surface area contributed by atoms with Crippen molar-refractivity contribution in [2.75, 3.05) is 30.4 Å². The minimum absolute atomic E-state index is 0.0226. The standard InChI is InChI=1S/C22H21BrN2O5S/c1-29-18-10-12-19(13-11-18)31(27,28)25(20-8-3-4-9-21(20)30-2)15-22(26)24-17-7-5-6-16(23)14-17/h3-14H,15H2,1-2H3,(H,24,26). The van der Waals surface area contributed by atoms with Crippen LogP contribution < -0.4 is 19.1 Å². The maximum atomic E-state index is 13.5. The van der Waals surface area contributed by atoms with Crippen LogP contribution in [0.3, 0.4) is 0 Å². The Hall–Kier alpha value is -3.04. The lowest BCUT2D eigenvalue weighted by Gasteiger charge is -2.25. The molecule has 1 N–H and O–H groups in total. The fourth-order valence-corrected chi connectivity index (χ4v) is 4.74. The predicted octanol–water partition coefficient (Wildman–Crippen LogP) is 4.30. The van der Waals surface area contributed by atoms with Crippen molar-refractivity contribution in [1.82, 2.24) is 0 Å². The zero-order chi connectivity index (χ0) is 22.4. The molecule has 1 amide bonds. The number of methoxy groups -OCH3 is 2. The third-order valence-electron chi connectivity index (χ3n) is 4.40. The number of halogens is 1. The fraction of sp³-hybridized carbons (Fsp3) is 0.136. The lowest BCUT2D eigenvalue weighted by atomic mass is 10.3. The Kier molecular flexibility index (Phi) is 7.19. The molecule has 0 aliphatic carbocycles. The van der Waals surface area contributed by atoms with Crippen molar-refractivity contribution in [3.05, 3.63) is 77.3 Å². The summed E-state index contributed by atoms with van der Waals surface area (Å²) in [7, 11) is -1.14. The van der Waals surface area contributed by atoms with Crippen molar-refractivity contribution in [3.63, 3.8) is 0 Å². The van der Waals surface area contributed by atoms with Crippen LogP contribution in [0.15, 0.2) is 82.2 Å². The van der Waals surface area contributed by atoms with Crippen LogP contribution in [-0.2, 0) is 14.8 Å². The number of nitrogens with zero attached hydrogens (tertiary/aromatic N) is 1. The quantitative estimate of drug-likeness (QED) is 0.494. The van der Waals surface area contributed by atoms with Crippen LogP contribution in [0.2, 0.25) is 0 Å². The van der Waals surface area contributed by atoms with Gasteiger partial charge in [-0.15, -0.1) is 0 Å². The maximum absolute atomic E-state index is 13.5. The minimum atomic E-state index is -4.08. The van der Waals surface area contributed by atoms with E-state index in [1.54, 1.807) is 54.6 Å². The number of carbonyl (C=O) groups is 1. The number of anilines is 2. The monoisotopic (exact) mass is 504 g/mol. The van der Waals surface area contributed by atoms with Gasteiger partial charge in [-0.2, -0.15) is 0 Å². The molecule has 0 aliphatic rings. The highest BCUT2D eigenvalue weighted by atomic mass is 79.9. The van der Waals surface area contributed by atoms with Gasteiger partial charge in [0.15, 0.2) is 0 Å². The average molecular weight is 505 g/mol. The third-order valence-corrected chi connectivity index (χ3v) is 6.66. The van der Waals surface area contributed by atoms with E-state index in [-0.39, 0.29) is 10.6 Å². The number of ether oxygens (including phenoxy) is 2. The van der Waals surface area contributed by atoms with Crippen LogP contribution in [0.4, 0.5) is 11.4 Å². The highest BCUT2D eigenvalue weighted by Gasteiger charge is 2.29. The van der Waals surface area contributed by atoms with Crippen LogP contribution in [0.5, 0.6) is 11.5 Å². The number of rotatable bonds is 8. The predicted molar refractivity (Wildman–Crippen MR) is 123 cm³/mol. The van der Waals surface area contributed by atoms with Gasteiger partial charge in [-0.25, -0.2) is 8.42 Å². The second-order valence-corrected chi connectivity index (χ2v) is 9.20. The molecule has 0 heterocycles. The number of hydrogen-bond acceptors (Lipinski definition) is 5. The number of benzene rings is 3. The molecule has 3 rings (SSSR count). The molecule has 9 heteroatoms. The summed E-state index contributed by atoms with van der Waals surface area (Å²) in [5, 5.41) is 2.73. The van der Waals surface area contributed by atoms with Crippen molar-refractivity contribution in [1.29, 1.82) is 0 Å². The van der Waals surface area contributed by atoms with Crippen molar-refractivity contribution >= 4 is 43.2 Å². The van der Waals surface area contributed by atoms with Gasteiger partial charge in [0, 0.05) is 10.2 Å². The molecule has 0 aromatic heterocycles. The van der Waals surface area contributed by atoms with Crippen LogP contribution in [0, 0.1) is 0 Å². The van der Waals surface area contributed by atoms with Crippen molar-refractivity contribution in [3.8, 4) is 11.5 Å². The summed E-state index contributed by atoms with van der Waals surface area (Å²) in [4.78, 5) is 12.8. The molecular formula is C22H21BrN2O5S. The van der Waals surface area contributed by atoms with E-state index in [4.69, 9.17) is 9.47 Å². The zero-order valence-electron chi connectivity index (χ0n) is 16.9. The van der Waals surface area contributed by atoms with Gasteiger partial charge in [0.1, 0.15) is 18.0 Å². The van der Waals surface area contributed by atoms with Gasteiger partial charge >= 0.3 is 0 Å². The highest BCUT2D eigenvalue weighted by molar-refractivity contribution is 9.10. The Balaban J connectivity index is 1.99. The Bertz CT molecular complexity index is 1170. The van der Waals surface area contributed by atoms with Crippen molar-refractivity contribution in [2.45, 2.75) is 4.90 Å². The molecule has 3 aromatic rings. The molecule has 31 heavy (non-hydrogen) atoms. The van der Waals surface area contributed by atoms with Crippen molar-refractivity contribution < 1.29 is 22.7 Å². The lowest BCUT2D eigenvalue weighted by molar-refractivity contribution is -0.114. The first-order valence-electron chi connectivity index (χ1n) is 9.20. The SMILES string of the molecule is COc1ccc(S(=O)(=O)N(CC(=O)Nc2cccc(Br)c2)c2ccccc2OC)cc1. The van der Waals surface area contributed by atoms with E-state index in [9.17, 15) is 13.2 Å². The Labute approximate surface area is 189 Å². The van der Waals surface area contributed by atoms with E-state index < -0.39 is 22.5 Å². The third kappa shape index (κ3) is 5.36. The van der Waals surface area contributed by atoms with E-state index in [2.05, 4.69) is 21.2 Å². The molecule has 0 fully saturated rings. The molecule has 3 aromatic carbocycles. The van der Waals surface area contributed by atoms with E-state index in [1.807, 2.05) is 6.07 Å². The van der Waals surface area contributed by atoms with Gasteiger partial charge in [0.25, 0.3) is 10.0 Å². The number of nitrogens with one attached hydrogen (secondary N) is 1. The van der Waals surface area contributed by atoms with Crippen LogP contribution >= 0.6 is 15.9 Å². The minimum Gasteiger partial charge on any atom is -0.497 e. The summed E-state index contributed by atoms with van der Waals surface area (Å²) in [5.41, 5.74) is 0.798. The lowest BCUT2D eigenvalue weighted by Crippen LogP contribution is -2.38. The largest absolute Gasteiger partial charge is 0.497 e. The Morgan fingerprint density at radius 1 is 0.968 bits per heavy atom. The second-order valence-electron chi connectivity index (χ2n) is 6.42.